The van der Waals surface area contributed by atoms with Crippen LogP contribution in [0, 0.1) is 11.8 Å². The Bertz CT molecular complexity index is 813. The van der Waals surface area contributed by atoms with Gasteiger partial charge in [0.25, 0.3) is 0 Å². The maximum Gasteiger partial charge on any atom is 0.334 e. The molecule has 146 valence electrons. The molecule has 0 aromatic rings. The van der Waals surface area contributed by atoms with Gasteiger partial charge in [-0.1, -0.05) is 12.7 Å². The van der Waals surface area contributed by atoms with Gasteiger partial charge in [0.05, 0.1) is 17.4 Å². The van der Waals surface area contributed by atoms with Gasteiger partial charge in [0.2, 0.25) is 0 Å². The van der Waals surface area contributed by atoms with E-state index in [-0.39, 0.29) is 30.1 Å². The molecule has 7 nitrogen and oxygen atoms in total. The van der Waals surface area contributed by atoms with Gasteiger partial charge in [-0.25, -0.2) is 9.59 Å². The van der Waals surface area contributed by atoms with Gasteiger partial charge < -0.3 is 24.1 Å². The molecule has 3 saturated heterocycles. The molecule has 3 aliphatic heterocycles. The van der Waals surface area contributed by atoms with E-state index in [0.29, 0.717) is 5.57 Å². The van der Waals surface area contributed by atoms with Crippen LogP contribution in [0.3, 0.4) is 0 Å². The number of hydrogen-bond donors (Lipinski definition) is 1. The lowest BCUT2D eigenvalue weighted by atomic mass is 9.74. The lowest BCUT2D eigenvalue weighted by Crippen LogP contribution is -2.53. The maximum atomic E-state index is 12.4. The zero-order chi connectivity index (χ0) is 19.5. The van der Waals surface area contributed by atoms with Crippen molar-refractivity contribution in [3.63, 3.8) is 0 Å². The van der Waals surface area contributed by atoms with Crippen molar-refractivity contribution >= 4 is 11.9 Å². The van der Waals surface area contributed by atoms with Crippen molar-refractivity contribution < 1.29 is 33.6 Å². The highest BCUT2D eigenvalue weighted by atomic mass is 16.7. The van der Waals surface area contributed by atoms with E-state index in [4.69, 9.17) is 18.9 Å². The van der Waals surface area contributed by atoms with Crippen LogP contribution >= 0.6 is 0 Å². The van der Waals surface area contributed by atoms with Crippen molar-refractivity contribution in [1.82, 2.24) is 0 Å². The molecule has 9 atom stereocenters. The van der Waals surface area contributed by atoms with Gasteiger partial charge in [0, 0.05) is 17.6 Å². The molecule has 27 heavy (non-hydrogen) atoms. The summed E-state index contributed by atoms with van der Waals surface area (Å²) < 4.78 is 23.3. The molecule has 5 rings (SSSR count). The van der Waals surface area contributed by atoms with E-state index in [2.05, 4.69) is 6.58 Å². The molecule has 0 bridgehead atoms. The van der Waals surface area contributed by atoms with Crippen molar-refractivity contribution in [3.8, 4) is 0 Å². The van der Waals surface area contributed by atoms with Crippen molar-refractivity contribution in [2.75, 3.05) is 0 Å². The first-order chi connectivity index (χ1) is 12.6. The van der Waals surface area contributed by atoms with Gasteiger partial charge in [-0.05, 0) is 27.7 Å². The third-order valence-corrected chi connectivity index (χ3v) is 7.38. The van der Waals surface area contributed by atoms with Crippen molar-refractivity contribution in [2.45, 2.75) is 75.3 Å². The van der Waals surface area contributed by atoms with E-state index >= 15 is 0 Å². The number of aliphatic hydroxyl groups is 1. The van der Waals surface area contributed by atoms with Crippen LogP contribution < -0.4 is 0 Å². The van der Waals surface area contributed by atoms with E-state index in [9.17, 15) is 14.7 Å². The molecule has 0 amide bonds. The largest absolute Gasteiger partial charge is 0.458 e. The van der Waals surface area contributed by atoms with E-state index < -0.39 is 46.9 Å². The van der Waals surface area contributed by atoms with Crippen LogP contribution in [0.25, 0.3) is 0 Å². The van der Waals surface area contributed by atoms with E-state index in [0.717, 1.165) is 0 Å². The summed E-state index contributed by atoms with van der Waals surface area (Å²) in [6.07, 6.45) is 0.121. The minimum Gasteiger partial charge on any atom is -0.458 e. The molecule has 3 heterocycles. The Labute approximate surface area is 157 Å². The summed E-state index contributed by atoms with van der Waals surface area (Å²) in [5.74, 6) is -1.84. The minimum absolute atomic E-state index is 0.105. The molecule has 0 aromatic heterocycles. The molecule has 5 fully saturated rings. The van der Waals surface area contributed by atoms with Gasteiger partial charge in [0.1, 0.15) is 35.6 Å². The molecule has 2 saturated carbocycles. The Morgan fingerprint density at radius 3 is 2.70 bits per heavy atom. The number of rotatable bonds is 2. The predicted octanol–water partition coefficient (Wildman–Crippen LogP) is 1.04. The predicted molar refractivity (Wildman–Crippen MR) is 91.4 cm³/mol. The first kappa shape index (κ1) is 17.4. The van der Waals surface area contributed by atoms with E-state index in [1.165, 1.54) is 0 Å². The highest BCUT2D eigenvalue weighted by molar-refractivity contribution is 5.92. The SMILES string of the molecule is C=C1C(=O)OC2C1C(OC(=O)C(C)=CC)CC(C)(O)C13OC1C1OC1(C)C23. The third-order valence-electron chi connectivity index (χ3n) is 7.38. The van der Waals surface area contributed by atoms with Gasteiger partial charge >= 0.3 is 11.9 Å². The first-order valence-corrected chi connectivity index (χ1v) is 9.40. The lowest BCUT2D eigenvalue weighted by Gasteiger charge is -2.36. The summed E-state index contributed by atoms with van der Waals surface area (Å²) >= 11 is 0. The minimum atomic E-state index is -1.26. The van der Waals surface area contributed by atoms with Crippen LogP contribution in [-0.2, 0) is 28.5 Å². The molecular formula is C20H24O7. The number of carbonyl (C=O) groups excluding carboxylic acids is 2. The normalized spacial score (nSPS) is 54.9. The van der Waals surface area contributed by atoms with Crippen molar-refractivity contribution in [2.24, 2.45) is 11.8 Å². The van der Waals surface area contributed by atoms with Crippen molar-refractivity contribution in [1.29, 1.82) is 0 Å². The lowest BCUT2D eigenvalue weighted by molar-refractivity contribution is -0.150. The van der Waals surface area contributed by atoms with Crippen LogP contribution in [0.15, 0.2) is 23.8 Å². The van der Waals surface area contributed by atoms with Crippen LogP contribution in [0.1, 0.15) is 34.1 Å². The fraction of sp³-hybridized carbons (Fsp3) is 0.700. The highest BCUT2D eigenvalue weighted by Crippen LogP contribution is 2.75. The summed E-state index contributed by atoms with van der Waals surface area (Å²) in [4.78, 5) is 24.8. The van der Waals surface area contributed by atoms with Gasteiger partial charge in [-0.15, -0.1) is 0 Å². The second-order valence-electron chi connectivity index (χ2n) is 8.85. The molecular weight excluding hydrogens is 352 g/mol. The third kappa shape index (κ3) is 1.87. The zero-order valence-electron chi connectivity index (χ0n) is 15.9. The molecule has 9 unspecified atom stereocenters. The molecule has 0 aromatic carbocycles. The monoisotopic (exact) mass is 376 g/mol. The Morgan fingerprint density at radius 1 is 1.33 bits per heavy atom. The average molecular weight is 376 g/mol. The van der Waals surface area contributed by atoms with Gasteiger partial charge in [-0.3, -0.25) is 0 Å². The van der Waals surface area contributed by atoms with E-state index in [1.807, 2.05) is 6.92 Å². The second-order valence-corrected chi connectivity index (χ2v) is 8.85. The topological polar surface area (TPSA) is 97.9 Å². The Morgan fingerprint density at radius 2 is 2.04 bits per heavy atom. The Balaban J connectivity index is 1.58. The summed E-state index contributed by atoms with van der Waals surface area (Å²) in [6, 6.07) is 0. The molecule has 2 aliphatic carbocycles. The molecule has 1 spiro atoms. The fourth-order valence-electron chi connectivity index (χ4n) is 5.79. The first-order valence-electron chi connectivity index (χ1n) is 9.40. The summed E-state index contributed by atoms with van der Waals surface area (Å²) in [6.45, 7) is 11.0. The molecule has 0 radical (unpaired) electrons. The number of epoxide rings is 2. The zero-order valence-corrected chi connectivity index (χ0v) is 15.9. The highest BCUT2D eigenvalue weighted by Gasteiger charge is 2.93. The van der Waals surface area contributed by atoms with Crippen LogP contribution in [0.4, 0.5) is 0 Å². The number of carbonyl (C=O) groups is 2. The van der Waals surface area contributed by atoms with Crippen molar-refractivity contribution in [3.05, 3.63) is 23.8 Å². The summed E-state index contributed by atoms with van der Waals surface area (Å²) in [7, 11) is 0. The van der Waals surface area contributed by atoms with Crippen LogP contribution in [-0.4, -0.2) is 58.3 Å². The van der Waals surface area contributed by atoms with Crippen LogP contribution in [0.2, 0.25) is 0 Å². The number of allylic oxidation sites excluding steroid dienone is 1. The standard InChI is InChI=1S/C20H24O7/c1-6-8(2)16(21)24-10-7-18(4,23)20-13(12-11(10)9(3)17(22)25-12)19(5)14(26-19)15(20)27-20/h6,10-15,23H,3,7H2,1-2,4-5H3. The molecule has 7 heteroatoms. The Hall–Kier alpha value is -1.70. The smallest absolute Gasteiger partial charge is 0.334 e. The number of esters is 2. The summed E-state index contributed by atoms with van der Waals surface area (Å²) in [5.41, 5.74) is -1.89. The number of ether oxygens (including phenoxy) is 4. The maximum absolute atomic E-state index is 12.4. The van der Waals surface area contributed by atoms with Crippen LogP contribution in [0.5, 0.6) is 0 Å². The average Bonchev–Trinajstić information content (AvgIpc) is 3.45. The Kier molecular flexibility index (Phi) is 3.11. The van der Waals surface area contributed by atoms with Gasteiger partial charge in [0.15, 0.2) is 0 Å². The second kappa shape index (κ2) is 4.82. The number of hydrogen-bond acceptors (Lipinski definition) is 7. The summed E-state index contributed by atoms with van der Waals surface area (Å²) in [5, 5.41) is 11.4. The number of fused-ring (bicyclic) bond motifs is 5. The van der Waals surface area contributed by atoms with Gasteiger partial charge in [-0.2, -0.15) is 0 Å². The fourth-order valence-corrected chi connectivity index (χ4v) is 5.79. The quantitative estimate of drug-likeness (QED) is 0.437. The van der Waals surface area contributed by atoms with E-state index in [1.54, 1.807) is 26.8 Å². The molecule has 1 N–H and O–H groups in total. The molecule has 5 aliphatic rings.